The van der Waals surface area contributed by atoms with Crippen LogP contribution < -0.4 is 21.9 Å². The van der Waals surface area contributed by atoms with Gasteiger partial charge >= 0.3 is 0 Å². The number of nitrogens with two attached hydrogens (primary N) is 1. The van der Waals surface area contributed by atoms with E-state index in [9.17, 15) is 4.79 Å². The number of amides is 1. The molecule has 1 amide bonds. The highest BCUT2D eigenvalue weighted by Gasteiger charge is 2.10. The van der Waals surface area contributed by atoms with Crippen LogP contribution >= 0.6 is 11.6 Å². The number of nitrogen functional groups attached to an aromatic ring is 1. The van der Waals surface area contributed by atoms with Crippen LogP contribution in [0.3, 0.4) is 0 Å². The lowest BCUT2D eigenvalue weighted by Crippen LogP contribution is -2.30. The predicted octanol–water partition coefficient (Wildman–Crippen LogP) is 2.17. The van der Waals surface area contributed by atoms with E-state index in [0.29, 0.717) is 34.5 Å². The van der Waals surface area contributed by atoms with Gasteiger partial charge in [-0.2, -0.15) is 0 Å². The maximum Gasteiger partial charge on any atom is 0.269 e. The normalized spacial score (nSPS) is 10.4. The third kappa shape index (κ3) is 5.08. The largest absolute Gasteiger partial charge is 0.393 e. The highest BCUT2D eigenvalue weighted by atomic mass is 35.5. The van der Waals surface area contributed by atoms with Crippen LogP contribution in [0.1, 0.15) is 16.8 Å². The number of aryl methyl sites for hydroxylation is 1. The minimum absolute atomic E-state index is 0.310. The van der Waals surface area contributed by atoms with Gasteiger partial charge in [0.05, 0.1) is 6.33 Å². The summed E-state index contributed by atoms with van der Waals surface area (Å²) in [7, 11) is 0. The van der Waals surface area contributed by atoms with Crippen molar-refractivity contribution in [1.29, 1.82) is 0 Å². The van der Waals surface area contributed by atoms with Crippen LogP contribution in [-0.2, 0) is 6.54 Å². The van der Waals surface area contributed by atoms with Crippen molar-refractivity contribution in [1.82, 2.24) is 24.9 Å². The summed E-state index contributed by atoms with van der Waals surface area (Å²) in [5.74, 6) is 0.475. The molecule has 10 heteroatoms. The van der Waals surface area contributed by atoms with E-state index in [2.05, 4.69) is 31.1 Å². The molecule has 0 spiro atoms. The number of benzene rings is 1. The quantitative estimate of drug-likeness (QED) is 0.345. The van der Waals surface area contributed by atoms with Gasteiger partial charge in [0.15, 0.2) is 11.6 Å². The van der Waals surface area contributed by atoms with Gasteiger partial charge in [-0.3, -0.25) is 15.6 Å². The molecule has 3 rings (SSSR count). The van der Waals surface area contributed by atoms with Gasteiger partial charge in [-0.15, -0.1) is 0 Å². The van der Waals surface area contributed by atoms with Gasteiger partial charge in [0.1, 0.15) is 12.0 Å². The third-order valence-electron chi connectivity index (χ3n) is 3.73. The Kier molecular flexibility index (Phi) is 6.06. The van der Waals surface area contributed by atoms with Crippen LogP contribution in [0.15, 0.2) is 49.3 Å². The molecule has 140 valence electrons. The summed E-state index contributed by atoms with van der Waals surface area (Å²) in [6.45, 7) is 1.51. The summed E-state index contributed by atoms with van der Waals surface area (Å²) in [5, 5.41) is 3.72. The van der Waals surface area contributed by atoms with Crippen LogP contribution in [-0.4, -0.2) is 32.0 Å². The van der Waals surface area contributed by atoms with Crippen molar-refractivity contribution >= 4 is 34.8 Å². The van der Waals surface area contributed by atoms with Gasteiger partial charge in [-0.25, -0.2) is 15.0 Å². The first kappa shape index (κ1) is 18.5. The van der Waals surface area contributed by atoms with E-state index in [1.165, 1.54) is 6.33 Å². The van der Waals surface area contributed by atoms with Crippen LogP contribution in [0.5, 0.6) is 0 Å². The number of hydrogen-bond donors (Lipinski definition) is 4. The van der Waals surface area contributed by atoms with E-state index in [4.69, 9.17) is 17.3 Å². The highest BCUT2D eigenvalue weighted by molar-refractivity contribution is 6.30. The van der Waals surface area contributed by atoms with Gasteiger partial charge in [0.25, 0.3) is 5.91 Å². The molecule has 0 aliphatic rings. The molecule has 1 aromatic carbocycles. The topological polar surface area (TPSA) is 123 Å². The fraction of sp³-hybridized carbons (Fsp3) is 0.176. The molecule has 0 aliphatic heterocycles. The molecule has 0 aliphatic carbocycles. The number of hydrazine groups is 1. The van der Waals surface area contributed by atoms with Crippen LogP contribution in [0.2, 0.25) is 5.02 Å². The molecule has 0 saturated carbocycles. The Morgan fingerprint density at radius 1 is 1.19 bits per heavy atom. The number of aromatic nitrogens is 4. The zero-order chi connectivity index (χ0) is 19.1. The SMILES string of the molecule is Nc1c(NCCCn2ccnc2)ncnc1NNC(=O)c1ccc(Cl)cc1. The van der Waals surface area contributed by atoms with Gasteiger partial charge in [-0.1, -0.05) is 11.6 Å². The van der Waals surface area contributed by atoms with Gasteiger partial charge in [0, 0.05) is 36.1 Å². The number of carbonyl (C=O) groups excluding carboxylic acids is 1. The molecule has 2 aromatic heterocycles. The Bertz CT molecular complexity index is 882. The molecule has 0 bridgehead atoms. The fourth-order valence-corrected chi connectivity index (χ4v) is 2.44. The number of nitrogens with one attached hydrogen (secondary N) is 3. The lowest BCUT2D eigenvalue weighted by Gasteiger charge is -2.13. The Morgan fingerprint density at radius 3 is 2.70 bits per heavy atom. The van der Waals surface area contributed by atoms with E-state index in [0.717, 1.165) is 13.0 Å². The Balaban J connectivity index is 1.52. The zero-order valence-corrected chi connectivity index (χ0v) is 15.1. The van der Waals surface area contributed by atoms with Crippen molar-refractivity contribution in [2.75, 3.05) is 23.0 Å². The predicted molar refractivity (Wildman–Crippen MR) is 104 cm³/mol. The molecular weight excluding hydrogens is 368 g/mol. The van der Waals surface area contributed by atoms with Crippen molar-refractivity contribution in [3.63, 3.8) is 0 Å². The van der Waals surface area contributed by atoms with Crippen LogP contribution in [0, 0.1) is 0 Å². The fourth-order valence-electron chi connectivity index (χ4n) is 2.31. The second kappa shape index (κ2) is 8.86. The molecule has 5 N–H and O–H groups in total. The molecule has 0 fully saturated rings. The molecule has 3 aromatic rings. The first-order valence-electron chi connectivity index (χ1n) is 8.25. The lowest BCUT2D eigenvalue weighted by atomic mass is 10.2. The molecule has 27 heavy (non-hydrogen) atoms. The van der Waals surface area contributed by atoms with E-state index >= 15 is 0 Å². The second-order valence-corrected chi connectivity index (χ2v) is 6.09. The number of halogens is 1. The Hall–Kier alpha value is -3.33. The Morgan fingerprint density at radius 2 is 1.96 bits per heavy atom. The molecule has 0 saturated heterocycles. The average Bonchev–Trinajstić information content (AvgIpc) is 3.19. The van der Waals surface area contributed by atoms with E-state index < -0.39 is 0 Å². The number of nitrogens with zero attached hydrogens (tertiary/aromatic N) is 4. The number of imidazole rings is 1. The van der Waals surface area contributed by atoms with Crippen molar-refractivity contribution in [2.24, 2.45) is 0 Å². The summed E-state index contributed by atoms with van der Waals surface area (Å²) < 4.78 is 1.99. The monoisotopic (exact) mass is 386 g/mol. The standard InChI is InChI=1S/C17H19ClN8O/c18-13-4-2-12(3-5-13)17(27)25-24-16-14(19)15(22-10-23-16)21-6-1-8-26-9-7-20-11-26/h2-5,7,9-11H,1,6,8,19H2,(H,25,27)(H2,21,22,23,24). The van der Waals surface area contributed by atoms with Crippen molar-refractivity contribution in [3.05, 3.63) is 59.9 Å². The zero-order valence-electron chi connectivity index (χ0n) is 14.4. The van der Waals surface area contributed by atoms with Crippen molar-refractivity contribution < 1.29 is 4.79 Å². The van der Waals surface area contributed by atoms with Gasteiger partial charge < -0.3 is 15.6 Å². The minimum atomic E-state index is -0.334. The number of anilines is 3. The van der Waals surface area contributed by atoms with Crippen molar-refractivity contribution in [3.8, 4) is 0 Å². The summed E-state index contributed by atoms with van der Waals surface area (Å²) in [6.07, 6.45) is 7.65. The number of hydrogen-bond acceptors (Lipinski definition) is 7. The van der Waals surface area contributed by atoms with E-state index in [1.54, 1.807) is 36.8 Å². The molecular formula is C17H19ClN8O. The van der Waals surface area contributed by atoms with E-state index in [-0.39, 0.29) is 5.91 Å². The van der Waals surface area contributed by atoms with Crippen LogP contribution in [0.25, 0.3) is 0 Å². The lowest BCUT2D eigenvalue weighted by molar-refractivity contribution is 0.0962. The molecule has 0 unspecified atom stereocenters. The average molecular weight is 387 g/mol. The number of rotatable bonds is 8. The third-order valence-corrected chi connectivity index (χ3v) is 3.98. The minimum Gasteiger partial charge on any atom is -0.393 e. The maximum absolute atomic E-state index is 12.1. The molecule has 2 heterocycles. The van der Waals surface area contributed by atoms with Gasteiger partial charge in [-0.05, 0) is 30.7 Å². The molecule has 0 radical (unpaired) electrons. The molecule has 9 nitrogen and oxygen atoms in total. The smallest absolute Gasteiger partial charge is 0.269 e. The van der Waals surface area contributed by atoms with Crippen LogP contribution in [0.4, 0.5) is 17.3 Å². The van der Waals surface area contributed by atoms with Crippen molar-refractivity contribution in [2.45, 2.75) is 13.0 Å². The summed E-state index contributed by atoms with van der Waals surface area (Å²) in [5.41, 5.74) is 12.1. The number of carbonyl (C=O) groups is 1. The first-order valence-corrected chi connectivity index (χ1v) is 8.63. The first-order chi connectivity index (χ1) is 13.1. The summed E-state index contributed by atoms with van der Waals surface area (Å²) in [6, 6.07) is 6.52. The summed E-state index contributed by atoms with van der Waals surface area (Å²) in [4.78, 5) is 24.3. The second-order valence-electron chi connectivity index (χ2n) is 5.65. The Labute approximate surface area is 161 Å². The molecule has 0 atom stereocenters. The summed E-state index contributed by atoms with van der Waals surface area (Å²) >= 11 is 5.82. The highest BCUT2D eigenvalue weighted by Crippen LogP contribution is 2.21. The van der Waals surface area contributed by atoms with E-state index in [1.807, 2.05) is 10.8 Å². The maximum atomic E-state index is 12.1. The van der Waals surface area contributed by atoms with Gasteiger partial charge in [0.2, 0.25) is 0 Å².